The van der Waals surface area contributed by atoms with Gasteiger partial charge in [-0.15, -0.1) is 12.4 Å². The minimum absolute atomic E-state index is 0. The van der Waals surface area contributed by atoms with Crippen molar-refractivity contribution in [2.24, 2.45) is 0 Å². The summed E-state index contributed by atoms with van der Waals surface area (Å²) in [4.78, 5) is 4.22. The highest BCUT2D eigenvalue weighted by Crippen LogP contribution is 2.26. The van der Waals surface area contributed by atoms with Crippen LogP contribution in [0.5, 0.6) is 0 Å². The zero-order valence-electron chi connectivity index (χ0n) is 16.3. The van der Waals surface area contributed by atoms with Crippen molar-refractivity contribution in [3.05, 3.63) is 95.6 Å². The van der Waals surface area contributed by atoms with Crippen molar-refractivity contribution in [3.8, 4) is 22.5 Å². The number of fused-ring (bicyclic) bond motifs is 1. The summed E-state index contributed by atoms with van der Waals surface area (Å²) >= 11 is 0. The zero-order valence-corrected chi connectivity index (χ0v) is 17.1. The summed E-state index contributed by atoms with van der Waals surface area (Å²) in [6, 6.07) is 22.3. The van der Waals surface area contributed by atoms with E-state index in [4.69, 9.17) is 0 Å². The van der Waals surface area contributed by atoms with Crippen LogP contribution in [0.25, 0.3) is 22.5 Å². The Morgan fingerprint density at radius 2 is 1.70 bits per heavy atom. The first kappa shape index (κ1) is 20.3. The van der Waals surface area contributed by atoms with E-state index < -0.39 is 0 Å². The second-order valence-corrected chi connectivity index (χ2v) is 7.50. The lowest BCUT2D eigenvalue weighted by Crippen LogP contribution is -2.28. The lowest BCUT2D eigenvalue weighted by molar-refractivity contribution is 0.532. The van der Waals surface area contributed by atoms with Gasteiger partial charge >= 0.3 is 0 Å². The average molecular weight is 421 g/mol. The molecule has 1 heterocycles. The Kier molecular flexibility index (Phi) is 5.93. The standard InChI is InChI=1S/C24H21FN4.ClH/c25-22-9-8-19-12-23(13-21(19)11-22)26-14-16-4-6-17(7-5-16)18-2-1-3-20(10-18)24-27-15-28-29-24;/h1-11,15,23,26H,12-14H2,(H,27,28,29);1H/t23-;/m0./s1. The first-order valence-corrected chi connectivity index (χ1v) is 9.81. The molecule has 0 saturated heterocycles. The number of hydrogen-bond donors (Lipinski definition) is 2. The Hall–Kier alpha value is -3.02. The van der Waals surface area contributed by atoms with Gasteiger partial charge in [0.15, 0.2) is 5.82 Å². The minimum Gasteiger partial charge on any atom is -0.309 e. The monoisotopic (exact) mass is 420 g/mol. The molecule has 1 aliphatic carbocycles. The van der Waals surface area contributed by atoms with E-state index in [0.29, 0.717) is 11.9 Å². The summed E-state index contributed by atoms with van der Waals surface area (Å²) in [6.07, 6.45) is 3.43. The molecular weight excluding hydrogens is 399 g/mol. The third-order valence-corrected chi connectivity index (χ3v) is 5.52. The maximum Gasteiger partial charge on any atom is 0.180 e. The molecule has 1 atom stereocenters. The number of nitrogens with one attached hydrogen (secondary N) is 2. The molecule has 4 aromatic rings. The van der Waals surface area contributed by atoms with Gasteiger partial charge in [0.05, 0.1) is 0 Å². The van der Waals surface area contributed by atoms with Crippen LogP contribution >= 0.6 is 12.4 Å². The molecule has 1 aromatic heterocycles. The smallest absolute Gasteiger partial charge is 0.180 e. The van der Waals surface area contributed by atoms with E-state index in [1.54, 1.807) is 18.5 Å². The van der Waals surface area contributed by atoms with Crippen LogP contribution in [0, 0.1) is 5.82 Å². The molecule has 0 spiro atoms. The summed E-state index contributed by atoms with van der Waals surface area (Å²) in [6.45, 7) is 0.804. The van der Waals surface area contributed by atoms with Crippen LogP contribution in [0.15, 0.2) is 73.1 Å². The third-order valence-electron chi connectivity index (χ3n) is 5.52. The molecular formula is C24H22ClFN4. The molecule has 4 nitrogen and oxygen atoms in total. The van der Waals surface area contributed by atoms with Crippen molar-refractivity contribution in [1.82, 2.24) is 20.5 Å². The fourth-order valence-corrected chi connectivity index (χ4v) is 3.99. The van der Waals surface area contributed by atoms with Crippen LogP contribution in [0.1, 0.15) is 16.7 Å². The Bertz CT molecular complexity index is 1130. The highest BCUT2D eigenvalue weighted by atomic mass is 35.5. The van der Waals surface area contributed by atoms with Gasteiger partial charge in [0.25, 0.3) is 0 Å². The van der Waals surface area contributed by atoms with Crippen molar-refractivity contribution in [3.63, 3.8) is 0 Å². The molecule has 2 N–H and O–H groups in total. The zero-order chi connectivity index (χ0) is 19.6. The third kappa shape index (κ3) is 4.27. The molecule has 0 aliphatic heterocycles. The number of nitrogens with zero attached hydrogens (tertiary/aromatic N) is 2. The number of halogens is 2. The van der Waals surface area contributed by atoms with Gasteiger partial charge in [-0.1, -0.05) is 48.5 Å². The fraction of sp³-hybridized carbons (Fsp3) is 0.167. The lowest BCUT2D eigenvalue weighted by Gasteiger charge is -2.12. The highest BCUT2D eigenvalue weighted by molar-refractivity contribution is 5.85. The number of hydrogen-bond acceptors (Lipinski definition) is 3. The Morgan fingerprint density at radius 3 is 2.50 bits per heavy atom. The van der Waals surface area contributed by atoms with E-state index >= 15 is 0 Å². The van der Waals surface area contributed by atoms with E-state index in [0.717, 1.165) is 41.6 Å². The van der Waals surface area contributed by atoms with Crippen LogP contribution in [-0.2, 0) is 19.4 Å². The Balaban J connectivity index is 0.00000218. The van der Waals surface area contributed by atoms with E-state index in [1.807, 2.05) is 18.2 Å². The van der Waals surface area contributed by atoms with Gasteiger partial charge < -0.3 is 5.32 Å². The normalized spacial score (nSPS) is 14.9. The molecule has 0 saturated carbocycles. The van der Waals surface area contributed by atoms with Crippen LogP contribution in [-0.4, -0.2) is 21.2 Å². The lowest BCUT2D eigenvalue weighted by atomic mass is 10.0. The van der Waals surface area contributed by atoms with Gasteiger partial charge in [0.2, 0.25) is 0 Å². The summed E-state index contributed by atoms with van der Waals surface area (Å²) in [5, 5.41) is 10.5. The van der Waals surface area contributed by atoms with Gasteiger partial charge in [0, 0.05) is 18.2 Å². The first-order chi connectivity index (χ1) is 14.2. The highest BCUT2D eigenvalue weighted by Gasteiger charge is 2.21. The van der Waals surface area contributed by atoms with E-state index in [-0.39, 0.29) is 18.2 Å². The minimum atomic E-state index is -0.146. The van der Waals surface area contributed by atoms with Gasteiger partial charge in [-0.3, -0.25) is 5.10 Å². The molecule has 6 heteroatoms. The molecule has 0 fully saturated rings. The molecule has 152 valence electrons. The topological polar surface area (TPSA) is 53.6 Å². The van der Waals surface area contributed by atoms with Gasteiger partial charge in [0.1, 0.15) is 12.1 Å². The van der Waals surface area contributed by atoms with Crippen molar-refractivity contribution in [2.45, 2.75) is 25.4 Å². The van der Waals surface area contributed by atoms with Crippen LogP contribution < -0.4 is 5.32 Å². The predicted octanol–water partition coefficient (Wildman–Crippen LogP) is 4.96. The van der Waals surface area contributed by atoms with Crippen molar-refractivity contribution >= 4 is 12.4 Å². The van der Waals surface area contributed by atoms with Crippen LogP contribution in [0.2, 0.25) is 0 Å². The fourth-order valence-electron chi connectivity index (χ4n) is 3.99. The number of aromatic amines is 1. The maximum absolute atomic E-state index is 13.4. The quantitative estimate of drug-likeness (QED) is 0.480. The number of H-pyrrole nitrogens is 1. The predicted molar refractivity (Wildman–Crippen MR) is 119 cm³/mol. The summed E-state index contributed by atoms with van der Waals surface area (Å²) in [7, 11) is 0. The molecule has 0 amide bonds. The second kappa shape index (κ2) is 8.78. The largest absolute Gasteiger partial charge is 0.309 e. The van der Waals surface area contributed by atoms with Crippen molar-refractivity contribution in [1.29, 1.82) is 0 Å². The summed E-state index contributed by atoms with van der Waals surface area (Å²) < 4.78 is 13.4. The van der Waals surface area contributed by atoms with E-state index in [9.17, 15) is 4.39 Å². The van der Waals surface area contributed by atoms with Gasteiger partial charge in [-0.05, 0) is 58.9 Å². The van der Waals surface area contributed by atoms with Gasteiger partial charge in [-0.25, -0.2) is 9.37 Å². The first-order valence-electron chi connectivity index (χ1n) is 9.81. The molecule has 30 heavy (non-hydrogen) atoms. The summed E-state index contributed by atoms with van der Waals surface area (Å²) in [5.74, 6) is 0.553. The van der Waals surface area contributed by atoms with Crippen LogP contribution in [0.3, 0.4) is 0 Å². The van der Waals surface area contributed by atoms with E-state index in [1.165, 1.54) is 11.1 Å². The SMILES string of the molecule is Cl.Fc1ccc2c(c1)C[C@@H](NCc1ccc(-c3cccc(-c4nc[nH]n4)c3)cc1)C2. The maximum atomic E-state index is 13.4. The molecule has 0 bridgehead atoms. The Morgan fingerprint density at radius 1 is 0.900 bits per heavy atom. The number of benzene rings is 3. The molecule has 3 aromatic carbocycles. The van der Waals surface area contributed by atoms with Crippen molar-refractivity contribution < 1.29 is 4.39 Å². The van der Waals surface area contributed by atoms with Gasteiger partial charge in [-0.2, -0.15) is 5.10 Å². The van der Waals surface area contributed by atoms with Crippen LogP contribution in [0.4, 0.5) is 4.39 Å². The second-order valence-electron chi connectivity index (χ2n) is 7.50. The number of rotatable bonds is 5. The number of aromatic nitrogens is 3. The molecule has 5 rings (SSSR count). The Labute approximate surface area is 181 Å². The summed E-state index contributed by atoms with van der Waals surface area (Å²) in [5.41, 5.74) is 6.91. The molecule has 0 unspecified atom stereocenters. The molecule has 0 radical (unpaired) electrons. The molecule has 1 aliphatic rings. The average Bonchev–Trinajstić information content (AvgIpc) is 3.42. The van der Waals surface area contributed by atoms with E-state index in [2.05, 4.69) is 56.9 Å². The van der Waals surface area contributed by atoms with Crippen molar-refractivity contribution in [2.75, 3.05) is 0 Å².